The topological polar surface area (TPSA) is 69.7 Å². The first-order valence-electron chi connectivity index (χ1n) is 9.29. The summed E-state index contributed by atoms with van der Waals surface area (Å²) in [6.07, 6.45) is 3.91. The summed E-state index contributed by atoms with van der Waals surface area (Å²) in [5, 5.41) is 3.18. The number of nitrogens with one attached hydrogen (secondary N) is 1. The number of Topliss-reactive ketones (excluding diaryl/α,β-unsaturated/α-hetero) is 1. The van der Waals surface area contributed by atoms with E-state index in [1.54, 1.807) is 0 Å². The molecule has 0 bridgehead atoms. The summed E-state index contributed by atoms with van der Waals surface area (Å²) in [5.41, 5.74) is 2.28. The highest BCUT2D eigenvalue weighted by Gasteiger charge is 2.26. The molecule has 1 aliphatic heterocycles. The zero-order chi connectivity index (χ0) is 18.9. The number of amides is 2. The van der Waals surface area contributed by atoms with Gasteiger partial charge in [0.25, 0.3) is 0 Å². The van der Waals surface area contributed by atoms with Crippen LogP contribution in [0.1, 0.15) is 38.2 Å². The quantitative estimate of drug-likeness (QED) is 0.686. The third-order valence-electron chi connectivity index (χ3n) is 5.04. The molecule has 1 N–H and O–H groups in total. The maximum absolute atomic E-state index is 12.1. The Hall–Kier alpha value is -2.37. The lowest BCUT2D eigenvalue weighted by Gasteiger charge is -2.37. The first-order chi connectivity index (χ1) is 12.5. The van der Waals surface area contributed by atoms with Crippen LogP contribution in [-0.2, 0) is 20.8 Å². The normalized spacial score (nSPS) is 14.8. The van der Waals surface area contributed by atoms with Gasteiger partial charge in [-0.3, -0.25) is 9.59 Å². The van der Waals surface area contributed by atoms with E-state index in [1.807, 2.05) is 35.0 Å². The number of carbonyl (C=O) groups is 3. The second-order valence-electron chi connectivity index (χ2n) is 6.81. The lowest BCUT2D eigenvalue weighted by Crippen LogP contribution is -2.46. The third-order valence-corrected chi connectivity index (χ3v) is 5.04. The Balaban J connectivity index is 1.83. The first kappa shape index (κ1) is 19.9. The summed E-state index contributed by atoms with van der Waals surface area (Å²) in [5.74, 6) is 0.0847. The van der Waals surface area contributed by atoms with Crippen LogP contribution >= 0.6 is 0 Å². The Labute approximate surface area is 155 Å². The van der Waals surface area contributed by atoms with Crippen molar-refractivity contribution < 1.29 is 14.4 Å². The number of hydrogen-bond donors (Lipinski definition) is 1. The van der Waals surface area contributed by atoms with Gasteiger partial charge in [-0.2, -0.15) is 0 Å². The Kier molecular flexibility index (Phi) is 7.63. The largest absolute Gasteiger partial charge is 0.388 e. The SMILES string of the molecule is CNc1ccccc1CCN(C=O)C1CCN(C(=O)CCC(C)=O)CC1. The number of benzene rings is 1. The van der Waals surface area contributed by atoms with Crippen molar-refractivity contribution >= 4 is 23.8 Å². The molecule has 1 saturated heterocycles. The minimum atomic E-state index is 0.0410. The molecule has 0 unspecified atom stereocenters. The number of ketones is 1. The molecule has 2 rings (SSSR count). The highest BCUT2D eigenvalue weighted by Crippen LogP contribution is 2.19. The molecule has 0 saturated carbocycles. The van der Waals surface area contributed by atoms with Crippen molar-refractivity contribution in [1.82, 2.24) is 9.80 Å². The van der Waals surface area contributed by atoms with Crippen LogP contribution in [0, 0.1) is 0 Å². The van der Waals surface area contributed by atoms with E-state index in [2.05, 4.69) is 11.4 Å². The van der Waals surface area contributed by atoms with Gasteiger partial charge in [0.15, 0.2) is 0 Å². The number of carbonyl (C=O) groups excluding carboxylic acids is 3. The number of anilines is 1. The Morgan fingerprint density at radius 3 is 2.54 bits per heavy atom. The van der Waals surface area contributed by atoms with E-state index in [9.17, 15) is 14.4 Å². The minimum absolute atomic E-state index is 0.0410. The van der Waals surface area contributed by atoms with Crippen LogP contribution in [-0.4, -0.2) is 60.6 Å². The second kappa shape index (κ2) is 9.94. The summed E-state index contributed by atoms with van der Waals surface area (Å²) in [4.78, 5) is 38.4. The van der Waals surface area contributed by atoms with Gasteiger partial charge in [-0.25, -0.2) is 0 Å². The lowest BCUT2D eigenvalue weighted by atomic mass is 10.0. The molecule has 0 aromatic heterocycles. The van der Waals surface area contributed by atoms with Crippen molar-refractivity contribution in [3.63, 3.8) is 0 Å². The van der Waals surface area contributed by atoms with Crippen molar-refractivity contribution in [3.8, 4) is 0 Å². The number of para-hydroxylation sites is 1. The molecular formula is C20H29N3O3. The van der Waals surface area contributed by atoms with Crippen LogP contribution in [0.25, 0.3) is 0 Å². The van der Waals surface area contributed by atoms with E-state index >= 15 is 0 Å². The van der Waals surface area contributed by atoms with Crippen LogP contribution in [0.4, 0.5) is 5.69 Å². The molecule has 0 radical (unpaired) electrons. The number of piperidine rings is 1. The van der Waals surface area contributed by atoms with Gasteiger partial charge in [-0.1, -0.05) is 18.2 Å². The van der Waals surface area contributed by atoms with Crippen molar-refractivity contribution in [2.45, 2.75) is 45.1 Å². The van der Waals surface area contributed by atoms with Crippen molar-refractivity contribution in [2.24, 2.45) is 0 Å². The van der Waals surface area contributed by atoms with Crippen molar-refractivity contribution in [1.29, 1.82) is 0 Å². The maximum atomic E-state index is 12.1. The van der Waals surface area contributed by atoms with Gasteiger partial charge >= 0.3 is 0 Å². The van der Waals surface area contributed by atoms with Crippen LogP contribution in [0.15, 0.2) is 24.3 Å². The smallest absolute Gasteiger partial charge is 0.223 e. The fraction of sp³-hybridized carbons (Fsp3) is 0.550. The van der Waals surface area contributed by atoms with Crippen LogP contribution in [0.2, 0.25) is 0 Å². The standard InChI is InChI=1S/C20H29N3O3/c1-16(25)7-8-20(26)22-13-10-18(11-14-22)23(15-24)12-9-17-5-3-4-6-19(17)21-2/h3-6,15,18,21H,7-14H2,1-2H3. The molecule has 1 aromatic carbocycles. The molecule has 1 fully saturated rings. The van der Waals surface area contributed by atoms with Crippen molar-refractivity contribution in [2.75, 3.05) is 32.0 Å². The maximum Gasteiger partial charge on any atom is 0.223 e. The number of nitrogens with zero attached hydrogens (tertiary/aromatic N) is 2. The van der Waals surface area contributed by atoms with Crippen LogP contribution in [0.3, 0.4) is 0 Å². The molecular weight excluding hydrogens is 330 g/mol. The molecule has 0 aliphatic carbocycles. The molecule has 26 heavy (non-hydrogen) atoms. The minimum Gasteiger partial charge on any atom is -0.388 e. The molecule has 2 amide bonds. The fourth-order valence-electron chi connectivity index (χ4n) is 3.44. The summed E-state index contributed by atoms with van der Waals surface area (Å²) >= 11 is 0. The highest BCUT2D eigenvalue weighted by molar-refractivity contribution is 5.83. The zero-order valence-electron chi connectivity index (χ0n) is 15.7. The number of likely N-dealkylation sites (tertiary alicyclic amines) is 1. The van der Waals surface area contributed by atoms with E-state index in [1.165, 1.54) is 12.5 Å². The Morgan fingerprint density at radius 2 is 1.92 bits per heavy atom. The van der Waals surface area contributed by atoms with Gasteiger partial charge in [-0.15, -0.1) is 0 Å². The molecule has 1 aliphatic rings. The average Bonchev–Trinajstić information content (AvgIpc) is 2.67. The molecule has 0 atom stereocenters. The predicted octanol–water partition coefficient (Wildman–Crippen LogP) is 2.09. The molecule has 1 heterocycles. The van der Waals surface area contributed by atoms with Crippen LogP contribution < -0.4 is 5.32 Å². The van der Waals surface area contributed by atoms with E-state index < -0.39 is 0 Å². The van der Waals surface area contributed by atoms with Gasteiger partial charge in [0.2, 0.25) is 12.3 Å². The number of rotatable bonds is 9. The second-order valence-corrected chi connectivity index (χ2v) is 6.81. The van der Waals surface area contributed by atoms with E-state index in [-0.39, 0.29) is 24.2 Å². The summed E-state index contributed by atoms with van der Waals surface area (Å²) in [7, 11) is 1.90. The molecule has 1 aromatic rings. The molecule has 6 heteroatoms. The predicted molar refractivity (Wildman–Crippen MR) is 102 cm³/mol. The summed E-state index contributed by atoms with van der Waals surface area (Å²) in [6.45, 7) is 3.48. The Morgan fingerprint density at radius 1 is 1.23 bits per heavy atom. The lowest BCUT2D eigenvalue weighted by molar-refractivity contribution is -0.134. The first-order valence-corrected chi connectivity index (χ1v) is 9.29. The zero-order valence-corrected chi connectivity index (χ0v) is 15.7. The van der Waals surface area contributed by atoms with Gasteiger partial charge in [-0.05, 0) is 37.8 Å². The van der Waals surface area contributed by atoms with E-state index in [0.29, 0.717) is 26.1 Å². The van der Waals surface area contributed by atoms with Gasteiger partial charge in [0, 0.05) is 51.3 Å². The summed E-state index contributed by atoms with van der Waals surface area (Å²) < 4.78 is 0. The third kappa shape index (κ3) is 5.58. The van der Waals surface area contributed by atoms with Gasteiger partial charge in [0.05, 0.1) is 0 Å². The van der Waals surface area contributed by atoms with Gasteiger partial charge in [0.1, 0.15) is 5.78 Å². The average molecular weight is 359 g/mol. The molecule has 0 spiro atoms. The van der Waals surface area contributed by atoms with E-state index in [4.69, 9.17) is 0 Å². The number of hydrogen-bond acceptors (Lipinski definition) is 4. The molecule has 142 valence electrons. The van der Waals surface area contributed by atoms with Gasteiger partial charge < -0.3 is 19.9 Å². The van der Waals surface area contributed by atoms with Crippen molar-refractivity contribution in [3.05, 3.63) is 29.8 Å². The fourth-order valence-corrected chi connectivity index (χ4v) is 3.44. The van der Waals surface area contributed by atoms with Crippen LogP contribution in [0.5, 0.6) is 0 Å². The Bertz CT molecular complexity index is 624. The van der Waals surface area contributed by atoms with E-state index in [0.717, 1.165) is 31.4 Å². The monoisotopic (exact) mass is 359 g/mol. The highest BCUT2D eigenvalue weighted by atomic mass is 16.2. The summed E-state index contributed by atoms with van der Waals surface area (Å²) in [6, 6.07) is 8.28. The molecule has 6 nitrogen and oxygen atoms in total.